The van der Waals surface area contributed by atoms with Crippen LogP contribution in [0.4, 0.5) is 0 Å². The van der Waals surface area contributed by atoms with Gasteiger partial charge in [-0.1, -0.05) is 22.0 Å². The third kappa shape index (κ3) is 2.15. The third-order valence-electron chi connectivity index (χ3n) is 3.10. The van der Waals surface area contributed by atoms with E-state index in [0.29, 0.717) is 0 Å². The van der Waals surface area contributed by atoms with Gasteiger partial charge in [-0.15, -0.1) is 0 Å². The number of aliphatic hydroxyl groups is 1. The molecule has 0 radical (unpaired) electrons. The highest BCUT2D eigenvalue weighted by Crippen LogP contribution is 2.23. The standard InChI is InChI=1S/C13H15BrN2O/c1-8-9(2)15-16(10(8)3)12-5-4-11(7-17)13(14)6-12/h4-6,17H,7H2,1-3H3. The minimum absolute atomic E-state index is 0.0387. The lowest BCUT2D eigenvalue weighted by Gasteiger charge is -2.07. The molecule has 0 spiro atoms. The Bertz CT molecular complexity index is 561. The van der Waals surface area contributed by atoms with E-state index in [-0.39, 0.29) is 6.61 Å². The maximum atomic E-state index is 9.13. The van der Waals surface area contributed by atoms with Crippen LogP contribution in [0.5, 0.6) is 0 Å². The average molecular weight is 295 g/mol. The van der Waals surface area contributed by atoms with Gasteiger partial charge in [-0.2, -0.15) is 5.10 Å². The van der Waals surface area contributed by atoms with Crippen LogP contribution in [0, 0.1) is 20.8 Å². The molecule has 0 saturated carbocycles. The molecule has 17 heavy (non-hydrogen) atoms. The fourth-order valence-electron chi connectivity index (χ4n) is 1.77. The number of aromatic nitrogens is 2. The van der Waals surface area contributed by atoms with Gasteiger partial charge >= 0.3 is 0 Å². The van der Waals surface area contributed by atoms with Gasteiger partial charge in [0, 0.05) is 10.2 Å². The molecule has 1 N–H and O–H groups in total. The zero-order valence-corrected chi connectivity index (χ0v) is 11.7. The highest BCUT2D eigenvalue weighted by molar-refractivity contribution is 9.10. The molecule has 0 aliphatic heterocycles. The van der Waals surface area contributed by atoms with E-state index in [2.05, 4.69) is 34.9 Å². The second kappa shape index (κ2) is 4.63. The molecule has 0 bridgehead atoms. The molecule has 0 unspecified atom stereocenters. The maximum Gasteiger partial charge on any atom is 0.0692 e. The third-order valence-corrected chi connectivity index (χ3v) is 3.84. The fourth-order valence-corrected chi connectivity index (χ4v) is 2.26. The summed E-state index contributed by atoms with van der Waals surface area (Å²) in [7, 11) is 0. The first-order chi connectivity index (χ1) is 8.04. The molecule has 0 amide bonds. The van der Waals surface area contributed by atoms with Crippen molar-refractivity contribution in [3.63, 3.8) is 0 Å². The number of halogens is 1. The number of nitrogens with zero attached hydrogens (tertiary/aromatic N) is 2. The van der Waals surface area contributed by atoms with Gasteiger partial charge in [-0.25, -0.2) is 4.68 Å². The van der Waals surface area contributed by atoms with E-state index in [9.17, 15) is 0 Å². The molecule has 3 nitrogen and oxygen atoms in total. The highest BCUT2D eigenvalue weighted by atomic mass is 79.9. The maximum absolute atomic E-state index is 9.13. The zero-order chi connectivity index (χ0) is 12.6. The first-order valence-corrected chi connectivity index (χ1v) is 6.26. The van der Waals surface area contributed by atoms with Gasteiger partial charge < -0.3 is 5.11 Å². The minimum Gasteiger partial charge on any atom is -0.392 e. The predicted molar refractivity (Wildman–Crippen MR) is 71.4 cm³/mol. The van der Waals surface area contributed by atoms with Crippen molar-refractivity contribution < 1.29 is 5.11 Å². The van der Waals surface area contributed by atoms with E-state index < -0.39 is 0 Å². The van der Waals surface area contributed by atoms with Gasteiger partial charge in [-0.3, -0.25) is 0 Å². The Morgan fingerprint density at radius 1 is 1.29 bits per heavy atom. The summed E-state index contributed by atoms with van der Waals surface area (Å²) in [6.07, 6.45) is 0. The van der Waals surface area contributed by atoms with E-state index in [4.69, 9.17) is 5.11 Å². The molecular weight excluding hydrogens is 280 g/mol. The van der Waals surface area contributed by atoms with Crippen molar-refractivity contribution in [2.24, 2.45) is 0 Å². The van der Waals surface area contributed by atoms with Crippen molar-refractivity contribution >= 4 is 15.9 Å². The summed E-state index contributed by atoms with van der Waals surface area (Å²) in [6.45, 7) is 6.18. The molecule has 0 saturated heterocycles. The van der Waals surface area contributed by atoms with Crippen molar-refractivity contribution in [2.45, 2.75) is 27.4 Å². The van der Waals surface area contributed by atoms with Crippen LogP contribution in [0.2, 0.25) is 0 Å². The Morgan fingerprint density at radius 2 is 2.00 bits per heavy atom. The van der Waals surface area contributed by atoms with E-state index in [1.807, 2.05) is 29.8 Å². The van der Waals surface area contributed by atoms with Crippen LogP contribution in [0.25, 0.3) is 5.69 Å². The Kier molecular flexibility index (Phi) is 3.35. The number of hydrogen-bond donors (Lipinski definition) is 1. The lowest BCUT2D eigenvalue weighted by atomic mass is 10.2. The largest absolute Gasteiger partial charge is 0.392 e. The summed E-state index contributed by atoms with van der Waals surface area (Å²) in [5, 5.41) is 13.6. The summed E-state index contributed by atoms with van der Waals surface area (Å²) in [5.74, 6) is 0. The highest BCUT2D eigenvalue weighted by Gasteiger charge is 2.10. The van der Waals surface area contributed by atoms with Crippen LogP contribution in [-0.2, 0) is 6.61 Å². The average Bonchev–Trinajstić information content (AvgIpc) is 2.57. The van der Waals surface area contributed by atoms with Crippen LogP contribution in [-0.4, -0.2) is 14.9 Å². The van der Waals surface area contributed by atoms with Crippen molar-refractivity contribution in [2.75, 3.05) is 0 Å². The molecular formula is C13H15BrN2O. The van der Waals surface area contributed by atoms with Crippen LogP contribution in [0.1, 0.15) is 22.5 Å². The molecule has 0 aliphatic rings. The van der Waals surface area contributed by atoms with Crippen LogP contribution in [0.3, 0.4) is 0 Å². The molecule has 4 heteroatoms. The second-order valence-electron chi connectivity index (χ2n) is 4.14. The van der Waals surface area contributed by atoms with Crippen molar-refractivity contribution in [3.8, 4) is 5.69 Å². The second-order valence-corrected chi connectivity index (χ2v) is 5.00. The summed E-state index contributed by atoms with van der Waals surface area (Å²) < 4.78 is 2.83. The number of benzene rings is 1. The number of aliphatic hydroxyl groups excluding tert-OH is 1. The van der Waals surface area contributed by atoms with Crippen LogP contribution >= 0.6 is 15.9 Å². The number of hydrogen-bond acceptors (Lipinski definition) is 2. The molecule has 1 heterocycles. The molecule has 0 aliphatic carbocycles. The Hall–Kier alpha value is -1.13. The summed E-state index contributed by atoms with van der Waals surface area (Å²) >= 11 is 3.45. The Morgan fingerprint density at radius 3 is 2.47 bits per heavy atom. The lowest BCUT2D eigenvalue weighted by Crippen LogP contribution is -2.00. The van der Waals surface area contributed by atoms with E-state index >= 15 is 0 Å². The SMILES string of the molecule is Cc1nn(-c2ccc(CO)c(Br)c2)c(C)c1C. The van der Waals surface area contributed by atoms with E-state index in [0.717, 1.165) is 27.1 Å². The monoisotopic (exact) mass is 294 g/mol. The smallest absolute Gasteiger partial charge is 0.0692 e. The lowest BCUT2D eigenvalue weighted by molar-refractivity contribution is 0.281. The normalized spacial score (nSPS) is 10.9. The molecule has 2 rings (SSSR count). The topological polar surface area (TPSA) is 38.0 Å². The van der Waals surface area contributed by atoms with E-state index in [1.54, 1.807) is 0 Å². The fraction of sp³-hybridized carbons (Fsp3) is 0.308. The Labute approximate surface area is 109 Å². The van der Waals surface area contributed by atoms with Gasteiger partial charge in [0.1, 0.15) is 0 Å². The van der Waals surface area contributed by atoms with E-state index in [1.165, 1.54) is 5.56 Å². The number of rotatable bonds is 2. The predicted octanol–water partition coefficient (Wildman–Crippen LogP) is 3.05. The zero-order valence-electron chi connectivity index (χ0n) is 10.2. The summed E-state index contributed by atoms with van der Waals surface area (Å²) in [4.78, 5) is 0. The van der Waals surface area contributed by atoms with Gasteiger partial charge in [0.15, 0.2) is 0 Å². The summed E-state index contributed by atoms with van der Waals surface area (Å²) in [5.41, 5.74) is 5.29. The van der Waals surface area contributed by atoms with Gasteiger partial charge in [0.25, 0.3) is 0 Å². The first kappa shape index (κ1) is 12.3. The minimum atomic E-state index is 0.0387. The first-order valence-electron chi connectivity index (χ1n) is 5.47. The van der Waals surface area contributed by atoms with Crippen LogP contribution in [0.15, 0.2) is 22.7 Å². The summed E-state index contributed by atoms with van der Waals surface area (Å²) in [6, 6.07) is 5.85. The molecule has 1 aromatic carbocycles. The van der Waals surface area contributed by atoms with Gasteiger partial charge in [-0.05, 0) is 44.0 Å². The molecule has 1 aromatic heterocycles. The number of aryl methyl sites for hydroxylation is 1. The van der Waals surface area contributed by atoms with Gasteiger partial charge in [0.05, 0.1) is 18.0 Å². The van der Waals surface area contributed by atoms with Crippen molar-refractivity contribution in [1.82, 2.24) is 9.78 Å². The van der Waals surface area contributed by atoms with Crippen molar-refractivity contribution in [1.29, 1.82) is 0 Å². The molecule has 0 atom stereocenters. The molecule has 2 aromatic rings. The Balaban J connectivity index is 2.53. The molecule has 90 valence electrons. The molecule has 0 fully saturated rings. The van der Waals surface area contributed by atoms with Gasteiger partial charge in [0.2, 0.25) is 0 Å². The quantitative estimate of drug-likeness (QED) is 0.924. The van der Waals surface area contributed by atoms with Crippen LogP contribution < -0.4 is 0 Å². The van der Waals surface area contributed by atoms with Crippen molar-refractivity contribution in [3.05, 3.63) is 45.2 Å².